The Kier molecular flexibility index (Phi) is 5.27. The van der Waals surface area contributed by atoms with Crippen LogP contribution in [0.4, 0.5) is 11.6 Å². The molecule has 144 valence electrons. The summed E-state index contributed by atoms with van der Waals surface area (Å²) in [5.74, 6) is 2.87. The third-order valence-corrected chi connectivity index (χ3v) is 5.68. The molecule has 0 saturated carbocycles. The fourth-order valence-corrected chi connectivity index (χ4v) is 3.81. The molecule has 4 heterocycles. The lowest BCUT2D eigenvalue weighted by Crippen LogP contribution is -2.49. The lowest BCUT2D eigenvalue weighted by molar-refractivity contribution is -0.132. The fraction of sp³-hybridized carbons (Fsp3) is 0.550. The van der Waals surface area contributed by atoms with Crippen molar-refractivity contribution in [3.63, 3.8) is 0 Å². The maximum absolute atomic E-state index is 12.4. The van der Waals surface area contributed by atoms with E-state index in [2.05, 4.69) is 39.1 Å². The number of aromatic nitrogens is 3. The quantitative estimate of drug-likeness (QED) is 0.825. The van der Waals surface area contributed by atoms with Crippen LogP contribution in [0.2, 0.25) is 0 Å². The highest BCUT2D eigenvalue weighted by Gasteiger charge is 2.23. The molecule has 0 aliphatic carbocycles. The fourth-order valence-electron chi connectivity index (χ4n) is 3.81. The summed E-state index contributed by atoms with van der Waals surface area (Å²) in [5.41, 5.74) is 0. The molecule has 0 atom stereocenters. The monoisotopic (exact) mass is 368 g/mol. The Hall–Kier alpha value is -2.57. The molecule has 2 aromatic heterocycles. The molecule has 27 heavy (non-hydrogen) atoms. The minimum Gasteiger partial charge on any atom is -0.355 e. The van der Waals surface area contributed by atoms with Gasteiger partial charge in [0.05, 0.1) is 0 Å². The summed E-state index contributed by atoms with van der Waals surface area (Å²) in [4.78, 5) is 18.9. The van der Waals surface area contributed by atoms with Crippen molar-refractivity contribution in [2.24, 2.45) is 5.92 Å². The Morgan fingerprint density at radius 2 is 1.48 bits per heavy atom. The van der Waals surface area contributed by atoms with E-state index in [1.807, 2.05) is 34.0 Å². The van der Waals surface area contributed by atoms with Crippen LogP contribution in [0.15, 0.2) is 36.7 Å². The summed E-state index contributed by atoms with van der Waals surface area (Å²) >= 11 is 0. The van der Waals surface area contributed by atoms with Gasteiger partial charge in [-0.1, -0.05) is 6.92 Å². The van der Waals surface area contributed by atoms with E-state index in [4.69, 9.17) is 0 Å². The summed E-state index contributed by atoms with van der Waals surface area (Å²) < 4.78 is 1.92. The van der Waals surface area contributed by atoms with Crippen LogP contribution in [0.25, 0.3) is 0 Å². The molecule has 2 aliphatic rings. The molecule has 0 unspecified atom stereocenters. The number of piperidine rings is 1. The van der Waals surface area contributed by atoms with Crippen molar-refractivity contribution in [3.05, 3.63) is 36.7 Å². The van der Waals surface area contributed by atoms with Gasteiger partial charge in [0.1, 0.15) is 6.54 Å². The number of hydrogen-bond acceptors (Lipinski definition) is 5. The molecule has 0 N–H and O–H groups in total. The summed E-state index contributed by atoms with van der Waals surface area (Å²) in [7, 11) is 0. The number of rotatable bonds is 4. The number of carbonyl (C=O) groups is 1. The second kappa shape index (κ2) is 7.98. The second-order valence-corrected chi connectivity index (χ2v) is 7.64. The van der Waals surface area contributed by atoms with Gasteiger partial charge in [-0.05, 0) is 43.0 Å². The number of carbonyl (C=O) groups excluding carboxylic acids is 1. The van der Waals surface area contributed by atoms with Gasteiger partial charge in [0, 0.05) is 51.7 Å². The molecule has 0 aromatic carbocycles. The summed E-state index contributed by atoms with van der Waals surface area (Å²) in [6.45, 7) is 7.92. The van der Waals surface area contributed by atoms with E-state index in [9.17, 15) is 4.79 Å². The van der Waals surface area contributed by atoms with Crippen molar-refractivity contribution in [2.75, 3.05) is 49.1 Å². The largest absolute Gasteiger partial charge is 0.355 e. The Bertz CT molecular complexity index is 728. The maximum Gasteiger partial charge on any atom is 0.242 e. The highest BCUT2D eigenvalue weighted by atomic mass is 16.2. The molecule has 2 fully saturated rings. The van der Waals surface area contributed by atoms with Crippen LogP contribution in [-0.4, -0.2) is 64.8 Å². The first-order valence-electron chi connectivity index (χ1n) is 9.91. The van der Waals surface area contributed by atoms with Crippen LogP contribution in [0, 0.1) is 5.92 Å². The molecule has 4 rings (SSSR count). The van der Waals surface area contributed by atoms with Gasteiger partial charge in [0.25, 0.3) is 0 Å². The maximum atomic E-state index is 12.4. The molecular weight excluding hydrogens is 340 g/mol. The predicted molar refractivity (Wildman–Crippen MR) is 106 cm³/mol. The van der Waals surface area contributed by atoms with Crippen molar-refractivity contribution in [1.29, 1.82) is 0 Å². The highest BCUT2D eigenvalue weighted by molar-refractivity contribution is 5.76. The van der Waals surface area contributed by atoms with Gasteiger partial charge < -0.3 is 19.3 Å². The Labute approximate surface area is 160 Å². The van der Waals surface area contributed by atoms with Crippen LogP contribution in [-0.2, 0) is 11.3 Å². The second-order valence-electron chi connectivity index (χ2n) is 7.64. The lowest BCUT2D eigenvalue weighted by atomic mass is 9.99. The minimum absolute atomic E-state index is 0.173. The third kappa shape index (κ3) is 4.23. The number of hydrogen-bond donors (Lipinski definition) is 0. The molecule has 7 heteroatoms. The van der Waals surface area contributed by atoms with Gasteiger partial charge in [-0.2, -0.15) is 0 Å². The number of nitrogens with zero attached hydrogens (tertiary/aromatic N) is 6. The third-order valence-electron chi connectivity index (χ3n) is 5.68. The summed E-state index contributed by atoms with van der Waals surface area (Å²) in [5, 5.41) is 8.91. The van der Waals surface area contributed by atoms with Gasteiger partial charge >= 0.3 is 0 Å². The molecular formula is C20H28N6O. The van der Waals surface area contributed by atoms with E-state index in [1.54, 1.807) is 0 Å². The minimum atomic E-state index is 0.173. The molecule has 0 bridgehead atoms. The first-order valence-corrected chi connectivity index (χ1v) is 9.91. The van der Waals surface area contributed by atoms with Gasteiger partial charge in [-0.15, -0.1) is 10.2 Å². The zero-order valence-electron chi connectivity index (χ0n) is 16.0. The standard InChI is InChI=1S/C20H28N6O/c1-17-6-10-24(11-7-17)18-4-5-19(22-21-18)25-12-14-26(15-13-25)20(27)16-23-8-2-3-9-23/h2-5,8-9,17H,6-7,10-16H2,1H3. The van der Waals surface area contributed by atoms with E-state index in [0.29, 0.717) is 6.54 Å². The average Bonchev–Trinajstić information content (AvgIpc) is 3.22. The van der Waals surface area contributed by atoms with E-state index in [0.717, 1.165) is 56.8 Å². The zero-order valence-corrected chi connectivity index (χ0v) is 16.0. The molecule has 2 saturated heterocycles. The van der Waals surface area contributed by atoms with Crippen molar-refractivity contribution in [1.82, 2.24) is 19.7 Å². The predicted octanol–water partition coefficient (Wildman–Crippen LogP) is 1.86. The van der Waals surface area contributed by atoms with E-state index >= 15 is 0 Å². The highest BCUT2D eigenvalue weighted by Crippen LogP contribution is 2.22. The topological polar surface area (TPSA) is 57.5 Å². The van der Waals surface area contributed by atoms with Gasteiger partial charge in [0.15, 0.2) is 11.6 Å². The number of amides is 1. The summed E-state index contributed by atoms with van der Waals surface area (Å²) in [6, 6.07) is 8.04. The average molecular weight is 368 g/mol. The van der Waals surface area contributed by atoms with Crippen molar-refractivity contribution < 1.29 is 4.79 Å². The van der Waals surface area contributed by atoms with Crippen LogP contribution < -0.4 is 9.80 Å². The first-order chi connectivity index (χ1) is 13.2. The van der Waals surface area contributed by atoms with Crippen molar-refractivity contribution in [3.8, 4) is 0 Å². The van der Waals surface area contributed by atoms with Crippen molar-refractivity contribution in [2.45, 2.75) is 26.3 Å². The van der Waals surface area contributed by atoms with Gasteiger partial charge in [0.2, 0.25) is 5.91 Å². The normalized spacial score (nSPS) is 18.8. The Morgan fingerprint density at radius 1 is 0.926 bits per heavy atom. The lowest BCUT2D eigenvalue weighted by Gasteiger charge is -2.35. The first kappa shape index (κ1) is 17.8. The summed E-state index contributed by atoms with van der Waals surface area (Å²) in [6.07, 6.45) is 6.30. The van der Waals surface area contributed by atoms with Crippen LogP contribution in [0.5, 0.6) is 0 Å². The Balaban J connectivity index is 1.29. The molecule has 0 radical (unpaired) electrons. The van der Waals surface area contributed by atoms with Crippen LogP contribution in [0.1, 0.15) is 19.8 Å². The van der Waals surface area contributed by atoms with E-state index in [-0.39, 0.29) is 5.91 Å². The molecule has 1 amide bonds. The number of anilines is 2. The smallest absolute Gasteiger partial charge is 0.242 e. The zero-order chi connectivity index (χ0) is 18.6. The molecule has 0 spiro atoms. The van der Waals surface area contributed by atoms with Crippen molar-refractivity contribution >= 4 is 17.5 Å². The molecule has 2 aromatic rings. The van der Waals surface area contributed by atoms with Gasteiger partial charge in [-0.3, -0.25) is 4.79 Å². The van der Waals surface area contributed by atoms with Crippen LogP contribution in [0.3, 0.4) is 0 Å². The van der Waals surface area contributed by atoms with Gasteiger partial charge in [-0.25, -0.2) is 0 Å². The number of piperazine rings is 1. The molecule has 7 nitrogen and oxygen atoms in total. The Morgan fingerprint density at radius 3 is 2.04 bits per heavy atom. The SMILES string of the molecule is CC1CCN(c2ccc(N3CCN(C(=O)Cn4cccc4)CC3)nn2)CC1. The molecule has 2 aliphatic heterocycles. The van der Waals surface area contributed by atoms with E-state index < -0.39 is 0 Å². The van der Waals surface area contributed by atoms with Crippen LogP contribution >= 0.6 is 0 Å². The van der Waals surface area contributed by atoms with E-state index in [1.165, 1.54) is 12.8 Å².